The number of alkyl halides is 2. The summed E-state index contributed by atoms with van der Waals surface area (Å²) in [4.78, 5) is 14.8. The number of piperidine rings is 1. The second-order valence-electron chi connectivity index (χ2n) is 6.92. The molecule has 10 heteroatoms. The van der Waals surface area contributed by atoms with Crippen molar-refractivity contribution in [3.63, 3.8) is 0 Å². The molecule has 0 saturated carbocycles. The molecule has 0 spiro atoms. The number of nitrogens with two attached hydrogens (primary N) is 2. The minimum atomic E-state index is -2.35. The molecule has 0 aromatic carbocycles. The lowest BCUT2D eigenvalue weighted by molar-refractivity contribution is 0.0752. The van der Waals surface area contributed by atoms with Crippen LogP contribution < -0.4 is 11.5 Å². The summed E-state index contributed by atoms with van der Waals surface area (Å²) in [5.74, 6) is 0.0202. The van der Waals surface area contributed by atoms with E-state index in [1.165, 1.54) is 12.3 Å². The fraction of sp³-hybridized carbons (Fsp3) is 0.389. The molecule has 4 heterocycles. The van der Waals surface area contributed by atoms with E-state index in [2.05, 4.69) is 15.0 Å². The molecule has 1 aliphatic rings. The van der Waals surface area contributed by atoms with Gasteiger partial charge in [-0.05, 0) is 38.1 Å². The number of halogens is 3. The first-order valence-corrected chi connectivity index (χ1v) is 8.98. The van der Waals surface area contributed by atoms with Crippen molar-refractivity contribution in [3.8, 4) is 11.5 Å². The highest BCUT2D eigenvalue weighted by Crippen LogP contribution is 2.34. The number of hydrogen-bond donors (Lipinski definition) is 2. The second kappa shape index (κ2) is 7.27. The van der Waals surface area contributed by atoms with Gasteiger partial charge in [0, 0.05) is 12.1 Å². The molecule has 0 amide bonds. The lowest BCUT2D eigenvalue weighted by Gasteiger charge is -2.31. The lowest BCUT2D eigenvalue weighted by atomic mass is 9.92. The highest BCUT2D eigenvalue weighted by Gasteiger charge is 2.27. The first-order valence-electron chi connectivity index (χ1n) is 8.98. The van der Waals surface area contributed by atoms with Crippen molar-refractivity contribution in [2.75, 3.05) is 31.1 Å². The van der Waals surface area contributed by atoms with Gasteiger partial charge in [0.1, 0.15) is 17.2 Å². The number of likely N-dealkylation sites (tertiary alicyclic amines) is 1. The normalized spacial score (nSPS) is 16.3. The van der Waals surface area contributed by atoms with E-state index in [0.29, 0.717) is 54.5 Å². The van der Waals surface area contributed by atoms with Crippen LogP contribution >= 0.6 is 0 Å². The van der Waals surface area contributed by atoms with E-state index in [9.17, 15) is 13.2 Å². The van der Waals surface area contributed by atoms with Crippen molar-refractivity contribution in [2.24, 2.45) is 0 Å². The van der Waals surface area contributed by atoms with Gasteiger partial charge < -0.3 is 11.5 Å². The van der Waals surface area contributed by atoms with E-state index in [1.54, 1.807) is 21.6 Å². The van der Waals surface area contributed by atoms with E-state index in [-0.39, 0.29) is 18.3 Å². The summed E-state index contributed by atoms with van der Waals surface area (Å²) in [5.41, 5.74) is 14.1. The maximum Gasteiger partial charge on any atom is 0.251 e. The molecule has 28 heavy (non-hydrogen) atoms. The molecule has 1 aliphatic heterocycles. The Balaban J connectivity index is 1.67. The van der Waals surface area contributed by atoms with Gasteiger partial charge in [-0.15, -0.1) is 0 Å². The van der Waals surface area contributed by atoms with Crippen molar-refractivity contribution in [2.45, 2.75) is 25.2 Å². The number of anilines is 2. The van der Waals surface area contributed by atoms with E-state index in [1.807, 2.05) is 0 Å². The Labute approximate surface area is 159 Å². The fourth-order valence-corrected chi connectivity index (χ4v) is 3.63. The van der Waals surface area contributed by atoms with Gasteiger partial charge in [-0.2, -0.15) is 0 Å². The van der Waals surface area contributed by atoms with Crippen LogP contribution in [0.25, 0.3) is 17.2 Å². The Morgan fingerprint density at radius 1 is 1.14 bits per heavy atom. The zero-order valence-electron chi connectivity index (χ0n) is 15.0. The number of imidazole rings is 1. The zero-order chi connectivity index (χ0) is 19.8. The second-order valence-corrected chi connectivity index (χ2v) is 6.92. The number of fused-ring (bicyclic) bond motifs is 1. The van der Waals surface area contributed by atoms with Crippen molar-refractivity contribution >= 4 is 17.2 Å². The summed E-state index contributed by atoms with van der Waals surface area (Å²) in [6.45, 7) is 0.843. The summed E-state index contributed by atoms with van der Waals surface area (Å²) >= 11 is 0. The molecule has 148 valence electrons. The van der Waals surface area contributed by atoms with Crippen LogP contribution in [0.4, 0.5) is 24.7 Å². The molecule has 7 nitrogen and oxygen atoms in total. The minimum absolute atomic E-state index is 0.00565. The van der Waals surface area contributed by atoms with Gasteiger partial charge in [0.15, 0.2) is 11.6 Å². The van der Waals surface area contributed by atoms with Gasteiger partial charge in [-0.25, -0.2) is 28.1 Å². The van der Waals surface area contributed by atoms with E-state index < -0.39 is 12.2 Å². The zero-order valence-corrected chi connectivity index (χ0v) is 15.0. The molecule has 1 fully saturated rings. The van der Waals surface area contributed by atoms with E-state index in [4.69, 9.17) is 11.5 Å². The standard InChI is InChI=1S/C18H20F3N7/c19-11-1-2-14-24-7-12(28(14)8-11)18-25-16(15(22)17(23)26-18)10-3-5-27(6-4-10)9-13(20)21/h1-2,7-8,10,13H,3-6,9,22H2,(H2,23,25,26). The van der Waals surface area contributed by atoms with Crippen molar-refractivity contribution in [1.82, 2.24) is 24.3 Å². The quantitative estimate of drug-likeness (QED) is 0.709. The molecule has 1 saturated heterocycles. The molecule has 0 radical (unpaired) electrons. The number of hydrogen-bond acceptors (Lipinski definition) is 6. The first-order chi connectivity index (χ1) is 13.4. The third-order valence-electron chi connectivity index (χ3n) is 5.07. The summed E-state index contributed by atoms with van der Waals surface area (Å²) in [6, 6.07) is 2.88. The number of rotatable bonds is 4. The van der Waals surface area contributed by atoms with Crippen LogP contribution in [0.15, 0.2) is 24.5 Å². The predicted octanol–water partition coefficient (Wildman–Crippen LogP) is 2.54. The molecular formula is C18H20F3N7. The Morgan fingerprint density at radius 3 is 2.61 bits per heavy atom. The van der Waals surface area contributed by atoms with Gasteiger partial charge in [0.05, 0.1) is 24.1 Å². The van der Waals surface area contributed by atoms with Crippen LogP contribution in [-0.4, -0.2) is 50.3 Å². The molecule has 4 rings (SSSR count). The smallest absolute Gasteiger partial charge is 0.251 e. The molecule has 3 aromatic heterocycles. The number of nitrogen functional groups attached to an aromatic ring is 2. The Hall–Kier alpha value is -2.88. The Kier molecular flexibility index (Phi) is 4.80. The van der Waals surface area contributed by atoms with Crippen molar-refractivity contribution < 1.29 is 13.2 Å². The average molecular weight is 391 g/mol. The number of pyridine rings is 1. The fourth-order valence-electron chi connectivity index (χ4n) is 3.63. The summed E-state index contributed by atoms with van der Waals surface area (Å²) in [6.07, 6.45) is 1.80. The largest absolute Gasteiger partial charge is 0.394 e. The highest BCUT2D eigenvalue weighted by atomic mass is 19.3. The van der Waals surface area contributed by atoms with E-state index in [0.717, 1.165) is 0 Å². The van der Waals surface area contributed by atoms with Crippen LogP contribution in [0, 0.1) is 5.82 Å². The SMILES string of the molecule is Nc1nc(-c2cnc3ccc(F)cn23)nc(C2CCN(CC(F)F)CC2)c1N. The van der Waals surface area contributed by atoms with Gasteiger partial charge in [-0.3, -0.25) is 9.30 Å². The Morgan fingerprint density at radius 2 is 1.89 bits per heavy atom. The van der Waals surface area contributed by atoms with Gasteiger partial charge in [0.25, 0.3) is 6.43 Å². The van der Waals surface area contributed by atoms with Crippen LogP contribution in [0.5, 0.6) is 0 Å². The van der Waals surface area contributed by atoms with Crippen LogP contribution in [0.3, 0.4) is 0 Å². The Bertz CT molecular complexity index is 996. The third kappa shape index (κ3) is 3.47. The minimum Gasteiger partial charge on any atom is -0.394 e. The van der Waals surface area contributed by atoms with Crippen molar-refractivity contribution in [1.29, 1.82) is 0 Å². The molecule has 3 aromatic rings. The van der Waals surface area contributed by atoms with Crippen molar-refractivity contribution in [3.05, 3.63) is 36.0 Å². The summed E-state index contributed by atoms with van der Waals surface area (Å²) < 4.78 is 40.4. The maximum atomic E-state index is 13.7. The highest BCUT2D eigenvalue weighted by molar-refractivity contribution is 5.67. The summed E-state index contributed by atoms with van der Waals surface area (Å²) in [7, 11) is 0. The van der Waals surface area contributed by atoms with Gasteiger partial charge >= 0.3 is 0 Å². The molecule has 0 aliphatic carbocycles. The van der Waals surface area contributed by atoms with E-state index >= 15 is 0 Å². The van der Waals surface area contributed by atoms with Gasteiger partial charge in [-0.1, -0.05) is 0 Å². The number of aromatic nitrogens is 4. The average Bonchev–Trinajstić information content (AvgIpc) is 3.07. The number of nitrogens with zero attached hydrogens (tertiary/aromatic N) is 5. The molecule has 0 atom stereocenters. The first kappa shape index (κ1) is 18.5. The molecule has 4 N–H and O–H groups in total. The molecule has 0 unspecified atom stereocenters. The summed E-state index contributed by atoms with van der Waals surface area (Å²) in [5, 5.41) is 0. The molecular weight excluding hydrogens is 371 g/mol. The predicted molar refractivity (Wildman–Crippen MR) is 99.4 cm³/mol. The topological polar surface area (TPSA) is 98.4 Å². The van der Waals surface area contributed by atoms with Gasteiger partial charge in [0.2, 0.25) is 0 Å². The lowest BCUT2D eigenvalue weighted by Crippen LogP contribution is -2.36. The molecule has 0 bridgehead atoms. The van der Waals surface area contributed by atoms with Crippen LogP contribution in [-0.2, 0) is 0 Å². The third-order valence-corrected chi connectivity index (χ3v) is 5.07. The maximum absolute atomic E-state index is 13.7. The van der Waals surface area contributed by atoms with Crippen LogP contribution in [0.1, 0.15) is 24.5 Å². The monoisotopic (exact) mass is 391 g/mol. The van der Waals surface area contributed by atoms with Crippen LogP contribution in [0.2, 0.25) is 0 Å².